The van der Waals surface area contributed by atoms with Crippen molar-refractivity contribution in [3.63, 3.8) is 0 Å². The number of rotatable bonds is 1. The molecule has 5 aliphatic rings. The van der Waals surface area contributed by atoms with Crippen LogP contribution in [0, 0.1) is 31.1 Å². The Hall–Kier alpha value is 1.90. The molecule has 0 radical (unpaired) electrons. The van der Waals surface area contributed by atoms with Gasteiger partial charge in [0.25, 0.3) is 0 Å². The number of nitrogens with zero attached hydrogens (tertiary/aromatic N) is 1. The van der Waals surface area contributed by atoms with Crippen LogP contribution in [0.4, 0.5) is 0 Å². The molecule has 0 aromatic carbocycles. The van der Waals surface area contributed by atoms with Crippen LogP contribution in [-0.4, -0.2) is 32.9 Å². The van der Waals surface area contributed by atoms with Gasteiger partial charge in [0, 0.05) is 24.0 Å². The molecule has 9 unspecified atom stereocenters. The third-order valence-corrected chi connectivity index (χ3v) is 27.6. The van der Waals surface area contributed by atoms with E-state index in [1.165, 1.54) is 23.7 Å². The molecule has 0 N–H and O–H groups in total. The number of hydrogen-bond donors (Lipinski definition) is 0. The van der Waals surface area contributed by atoms with Crippen molar-refractivity contribution in [2.45, 2.75) is 74.8 Å². The molecule has 2 heterocycles. The van der Waals surface area contributed by atoms with Gasteiger partial charge in [-0.25, -0.2) is 0 Å². The third-order valence-electron chi connectivity index (χ3n) is 9.24. The molecule has 6 heteroatoms. The summed E-state index contributed by atoms with van der Waals surface area (Å²) in [6.07, 6.45) is 12.6. The SMILES string of the molecule is C[N-][Si]1(C)C2C3CCCCC3C3C4CCCCC4[P+]1(C)C32.[CH3-].[Cl][Ti][Cl]. The van der Waals surface area contributed by atoms with Crippen LogP contribution in [0.2, 0.25) is 12.1 Å². The minimum atomic E-state index is -1.29. The molecule has 3 aliphatic carbocycles. The Morgan fingerprint density at radius 1 is 0.960 bits per heavy atom. The first-order chi connectivity index (χ1) is 11.6. The van der Waals surface area contributed by atoms with Gasteiger partial charge in [-0.2, -0.15) is 7.05 Å². The molecule has 144 valence electrons. The van der Waals surface area contributed by atoms with Gasteiger partial charge in [-0.1, -0.05) is 19.3 Å². The Kier molecular flexibility index (Phi) is 6.88. The fourth-order valence-corrected chi connectivity index (χ4v) is 28.4. The van der Waals surface area contributed by atoms with E-state index in [4.69, 9.17) is 23.6 Å². The maximum absolute atomic E-state index is 5.29. The molecule has 3 saturated carbocycles. The fourth-order valence-electron chi connectivity index (χ4n) is 8.57. The predicted octanol–water partition coefficient (Wildman–Crippen LogP) is 7.30. The molecule has 0 amide bonds. The van der Waals surface area contributed by atoms with Crippen molar-refractivity contribution in [2.24, 2.45) is 23.7 Å². The standard InChI is InChI=1S/C18H32NPSi.CH3.2ClH.Ti/c1-19-21(3)18-13-9-5-4-8-12(13)16-14-10-6-7-11-15(14)20(21,2)17(16)18;;;;/h12-18H,4-11H2,1-3H3;1H3;2*1H;/q;-1;;;+2/p-2. The van der Waals surface area contributed by atoms with Crippen LogP contribution in [0.5, 0.6) is 0 Å². The summed E-state index contributed by atoms with van der Waals surface area (Å²) in [5.74, 6) is 4.63. The Balaban J connectivity index is 0.000000428. The van der Waals surface area contributed by atoms with Gasteiger partial charge in [0.1, 0.15) is 7.90 Å². The summed E-state index contributed by atoms with van der Waals surface area (Å²) in [5, 5.41) is 0. The average molecular weight is 455 g/mol. The van der Waals surface area contributed by atoms with Crippen LogP contribution in [0.15, 0.2) is 0 Å². The zero-order chi connectivity index (χ0) is 17.1. The molecule has 0 bridgehead atoms. The van der Waals surface area contributed by atoms with E-state index in [0.717, 1.165) is 23.3 Å². The summed E-state index contributed by atoms with van der Waals surface area (Å²) < 4.78 is 0. The summed E-state index contributed by atoms with van der Waals surface area (Å²) in [4.78, 5) is 5.29. The maximum atomic E-state index is 5.29. The van der Waals surface area contributed by atoms with Gasteiger partial charge in [-0.15, -0.1) is 0 Å². The molecule has 5 rings (SSSR count). The summed E-state index contributed by atoms with van der Waals surface area (Å²) in [6, 6.07) is 0. The van der Waals surface area contributed by atoms with E-state index in [0.29, 0.717) is 0 Å². The number of halogens is 2. The summed E-state index contributed by atoms with van der Waals surface area (Å²) >= 11 is -0.556. The van der Waals surface area contributed by atoms with Crippen molar-refractivity contribution in [1.29, 1.82) is 0 Å². The van der Waals surface area contributed by atoms with E-state index < -0.39 is 31.7 Å². The number of fused-ring (bicyclic) bond motifs is 6. The first-order valence-electron chi connectivity index (χ1n) is 9.99. The molecule has 0 spiro atoms. The molecule has 0 aromatic heterocycles. The van der Waals surface area contributed by atoms with Crippen LogP contribution in [0.25, 0.3) is 4.98 Å². The molecule has 2 saturated heterocycles. The van der Waals surface area contributed by atoms with Gasteiger partial charge in [0.2, 0.25) is 0 Å². The summed E-state index contributed by atoms with van der Waals surface area (Å²) in [7, 11) is 10.7. The van der Waals surface area contributed by atoms with Crippen molar-refractivity contribution in [1.82, 2.24) is 0 Å². The Labute approximate surface area is 174 Å². The van der Waals surface area contributed by atoms with Gasteiger partial charge in [0.05, 0.1) is 11.3 Å². The molecule has 2 aliphatic heterocycles. The van der Waals surface area contributed by atoms with Crippen molar-refractivity contribution < 1.29 is 17.0 Å². The predicted molar refractivity (Wildman–Crippen MR) is 114 cm³/mol. The van der Waals surface area contributed by atoms with E-state index in [1.807, 2.05) is 0 Å². The molecule has 25 heavy (non-hydrogen) atoms. The van der Waals surface area contributed by atoms with Crippen LogP contribution in [0.3, 0.4) is 0 Å². The van der Waals surface area contributed by atoms with Crippen molar-refractivity contribution in [2.75, 3.05) is 13.7 Å². The molecular weight excluding hydrogens is 420 g/mol. The van der Waals surface area contributed by atoms with Gasteiger partial charge in [-0.3, -0.25) is 0 Å². The molecule has 9 atom stereocenters. The fraction of sp³-hybridized carbons (Fsp3) is 0.947. The minimum absolute atomic E-state index is 0. The van der Waals surface area contributed by atoms with E-state index >= 15 is 0 Å². The molecule has 0 aromatic rings. The van der Waals surface area contributed by atoms with E-state index in [9.17, 15) is 0 Å². The van der Waals surface area contributed by atoms with Gasteiger partial charge < -0.3 is 12.4 Å². The van der Waals surface area contributed by atoms with Gasteiger partial charge in [0.15, 0.2) is 0 Å². The van der Waals surface area contributed by atoms with Crippen molar-refractivity contribution >= 4 is 33.3 Å². The van der Waals surface area contributed by atoms with Crippen LogP contribution in [-0.2, 0) is 17.0 Å². The Morgan fingerprint density at radius 2 is 1.48 bits per heavy atom. The molecule has 1 nitrogen and oxygen atoms in total. The van der Waals surface area contributed by atoms with Crippen molar-refractivity contribution in [3.05, 3.63) is 12.4 Å². The monoisotopic (exact) mass is 454 g/mol. The normalized spacial score (nSPS) is 54.7. The second-order valence-electron chi connectivity index (χ2n) is 9.26. The topological polar surface area (TPSA) is 14.1 Å². The molecule has 5 fully saturated rings. The van der Waals surface area contributed by atoms with Gasteiger partial charge >= 0.3 is 35.6 Å². The molecular formula is C19H35Cl2NPSiTi-. The Bertz CT molecular complexity index is 500. The van der Waals surface area contributed by atoms with Gasteiger partial charge in [-0.05, 0) is 57.3 Å². The van der Waals surface area contributed by atoms with Crippen molar-refractivity contribution in [3.8, 4) is 0 Å². The quantitative estimate of drug-likeness (QED) is 0.224. The second kappa shape index (κ2) is 7.97. The first-order valence-corrected chi connectivity index (χ1v) is 20.0. The van der Waals surface area contributed by atoms with E-state index in [-0.39, 0.29) is 7.43 Å². The van der Waals surface area contributed by atoms with Crippen LogP contribution >= 0.6 is 25.4 Å². The summed E-state index contributed by atoms with van der Waals surface area (Å²) in [5.41, 5.74) is 3.54. The Morgan fingerprint density at radius 3 is 2.08 bits per heavy atom. The second-order valence-corrected chi connectivity index (χ2v) is 24.3. The summed E-state index contributed by atoms with van der Waals surface area (Å²) in [6.45, 7) is 4.88. The zero-order valence-electron chi connectivity index (χ0n) is 16.3. The van der Waals surface area contributed by atoms with Crippen LogP contribution < -0.4 is 0 Å². The zero-order valence-corrected chi connectivity index (χ0v) is 21.3. The van der Waals surface area contributed by atoms with E-state index in [2.05, 4.69) is 20.3 Å². The first kappa shape index (κ1) is 21.6. The number of hydrogen-bond acceptors (Lipinski definition) is 0. The van der Waals surface area contributed by atoms with Crippen LogP contribution in [0.1, 0.15) is 51.4 Å². The average Bonchev–Trinajstić information content (AvgIpc) is 3.05. The van der Waals surface area contributed by atoms with E-state index in [1.54, 1.807) is 44.9 Å². The third kappa shape index (κ3) is 2.71.